The second kappa shape index (κ2) is 6.27. The molecule has 1 N–H and O–H groups in total. The first-order valence-corrected chi connectivity index (χ1v) is 9.11. The molecule has 1 aromatic heterocycles. The molecule has 1 aliphatic rings. The largest absolute Gasteiger partial charge is 0.493 e. The first-order chi connectivity index (χ1) is 14.1. The number of hydrogen-bond acceptors (Lipinski definition) is 4. The van der Waals surface area contributed by atoms with Crippen molar-refractivity contribution < 1.29 is 14.7 Å². The number of para-hydroxylation sites is 1. The summed E-state index contributed by atoms with van der Waals surface area (Å²) in [7, 11) is 1.71. The summed E-state index contributed by atoms with van der Waals surface area (Å²) in [6.45, 7) is -0.221. The number of benzene rings is 3. The molecule has 0 radical (unpaired) electrons. The predicted octanol–water partition coefficient (Wildman–Crippen LogP) is 4.31. The van der Waals surface area contributed by atoms with Gasteiger partial charge in [0, 0.05) is 23.4 Å². The highest BCUT2D eigenvalue weighted by molar-refractivity contribution is 6.26. The Morgan fingerprint density at radius 1 is 1.03 bits per heavy atom. The molecule has 0 atom stereocenters. The summed E-state index contributed by atoms with van der Waals surface area (Å²) in [5.74, 6) is -0.874. The molecule has 0 bridgehead atoms. The van der Waals surface area contributed by atoms with Crippen molar-refractivity contribution in [2.45, 2.75) is 0 Å². The third kappa shape index (κ3) is 2.51. The molecular formula is C22H16N4O3. The number of hydrogen-bond donors (Lipinski definition) is 1. The Labute approximate surface area is 165 Å². The number of amides is 2. The van der Waals surface area contributed by atoms with Crippen LogP contribution in [0.15, 0.2) is 70.9 Å². The number of nitrogens with zero attached hydrogens (tertiary/aromatic N) is 4. The Bertz CT molecular complexity index is 1350. The lowest BCUT2D eigenvalue weighted by molar-refractivity contribution is -0.116. The molecule has 2 amide bonds. The number of aromatic nitrogens is 1. The van der Waals surface area contributed by atoms with E-state index in [1.807, 2.05) is 48.5 Å². The minimum Gasteiger partial charge on any atom is -0.493 e. The van der Waals surface area contributed by atoms with Crippen LogP contribution in [0, 0.1) is 0 Å². The molecule has 3 aromatic carbocycles. The highest BCUT2D eigenvalue weighted by Gasteiger charge is 2.30. The van der Waals surface area contributed by atoms with Gasteiger partial charge >= 0.3 is 0 Å². The van der Waals surface area contributed by atoms with Crippen LogP contribution in [-0.2, 0) is 11.8 Å². The number of aromatic hydroxyl groups is 1. The van der Waals surface area contributed by atoms with Gasteiger partial charge in [0.2, 0.25) is 5.88 Å². The topological polar surface area (TPSA) is 87.3 Å². The maximum Gasteiger partial charge on any atom is 0.284 e. The number of carbonyl (C=O) groups is 2. The average Bonchev–Trinajstić information content (AvgIpc) is 3.15. The van der Waals surface area contributed by atoms with E-state index in [-0.39, 0.29) is 24.0 Å². The third-order valence-electron chi connectivity index (χ3n) is 5.25. The predicted molar refractivity (Wildman–Crippen MR) is 110 cm³/mol. The summed E-state index contributed by atoms with van der Waals surface area (Å²) in [6, 6.07) is 18.4. The highest BCUT2D eigenvalue weighted by atomic mass is 16.3. The summed E-state index contributed by atoms with van der Waals surface area (Å²) < 4.78 is 1.58. The average molecular weight is 384 g/mol. The van der Waals surface area contributed by atoms with E-state index in [0.717, 1.165) is 16.3 Å². The van der Waals surface area contributed by atoms with E-state index in [0.29, 0.717) is 16.6 Å². The lowest BCUT2D eigenvalue weighted by atomic mass is 10.1. The monoisotopic (exact) mass is 384 g/mol. The molecule has 1 aliphatic heterocycles. The van der Waals surface area contributed by atoms with Crippen LogP contribution < -0.4 is 4.90 Å². The third-order valence-corrected chi connectivity index (χ3v) is 5.25. The van der Waals surface area contributed by atoms with Crippen LogP contribution in [0.25, 0.3) is 21.7 Å². The Balaban J connectivity index is 1.45. The molecule has 0 unspecified atom stereocenters. The van der Waals surface area contributed by atoms with E-state index < -0.39 is 5.91 Å². The van der Waals surface area contributed by atoms with Crippen molar-refractivity contribution in [2.75, 3.05) is 11.4 Å². The highest BCUT2D eigenvalue weighted by Crippen LogP contribution is 2.39. The SMILES string of the molecule is Cn1c(O)c(N=NC(=O)CN2C(=O)c3cccc4cccc2c34)c2ccccc21. The van der Waals surface area contributed by atoms with Gasteiger partial charge in [0.1, 0.15) is 6.54 Å². The van der Waals surface area contributed by atoms with E-state index >= 15 is 0 Å². The van der Waals surface area contributed by atoms with Crippen LogP contribution in [0.5, 0.6) is 5.88 Å². The van der Waals surface area contributed by atoms with E-state index in [9.17, 15) is 14.7 Å². The minimum absolute atomic E-state index is 0.0721. The van der Waals surface area contributed by atoms with Gasteiger partial charge in [-0.05, 0) is 23.6 Å². The van der Waals surface area contributed by atoms with Crippen LogP contribution in [0.2, 0.25) is 0 Å². The molecular weight excluding hydrogens is 368 g/mol. The Morgan fingerprint density at radius 2 is 1.79 bits per heavy atom. The summed E-state index contributed by atoms with van der Waals surface area (Å²) in [5.41, 5.74) is 2.28. The molecule has 7 heteroatoms. The first kappa shape index (κ1) is 17.1. The van der Waals surface area contributed by atoms with Gasteiger partial charge in [0.15, 0.2) is 5.69 Å². The first-order valence-electron chi connectivity index (χ1n) is 9.11. The summed E-state index contributed by atoms with van der Waals surface area (Å²) in [6.07, 6.45) is 0. The minimum atomic E-state index is -0.574. The number of fused-ring (bicyclic) bond motifs is 1. The molecule has 4 aromatic rings. The van der Waals surface area contributed by atoms with Gasteiger partial charge in [0.05, 0.1) is 11.2 Å². The van der Waals surface area contributed by atoms with Gasteiger partial charge in [-0.15, -0.1) is 10.2 Å². The number of aryl methyl sites for hydroxylation is 1. The summed E-state index contributed by atoms with van der Waals surface area (Å²) in [5, 5.41) is 20.5. The molecule has 0 spiro atoms. The van der Waals surface area contributed by atoms with Crippen molar-refractivity contribution in [3.63, 3.8) is 0 Å². The molecule has 0 saturated heterocycles. The van der Waals surface area contributed by atoms with E-state index in [4.69, 9.17) is 0 Å². The number of rotatable bonds is 3. The van der Waals surface area contributed by atoms with Crippen LogP contribution in [0.3, 0.4) is 0 Å². The Hall–Kier alpha value is -4.00. The Kier molecular flexibility index (Phi) is 3.70. The van der Waals surface area contributed by atoms with Crippen molar-refractivity contribution in [1.82, 2.24) is 4.57 Å². The zero-order chi connectivity index (χ0) is 20.1. The lowest BCUT2D eigenvalue weighted by Crippen LogP contribution is -2.31. The standard InChI is InChI=1S/C22H16N4O3/c1-25-16-10-3-2-8-14(16)20(22(25)29)24-23-18(27)12-26-17-11-5-7-13-6-4-9-15(19(13)17)21(26)28/h2-11,29H,12H2,1H3. The van der Waals surface area contributed by atoms with Crippen LogP contribution in [0.1, 0.15) is 10.4 Å². The second-order valence-electron chi connectivity index (χ2n) is 6.91. The number of anilines is 1. The van der Waals surface area contributed by atoms with Crippen molar-refractivity contribution in [3.05, 3.63) is 66.2 Å². The molecule has 2 heterocycles. The lowest BCUT2D eigenvalue weighted by Gasteiger charge is -2.14. The molecule has 5 rings (SSSR count). The molecule has 142 valence electrons. The zero-order valence-corrected chi connectivity index (χ0v) is 15.5. The van der Waals surface area contributed by atoms with E-state index in [1.165, 1.54) is 4.90 Å². The van der Waals surface area contributed by atoms with Gasteiger partial charge in [-0.3, -0.25) is 14.5 Å². The fourth-order valence-corrected chi connectivity index (χ4v) is 3.87. The van der Waals surface area contributed by atoms with Crippen molar-refractivity contribution in [1.29, 1.82) is 0 Å². The van der Waals surface area contributed by atoms with Gasteiger partial charge < -0.3 is 9.67 Å². The molecule has 7 nitrogen and oxygen atoms in total. The normalized spacial score (nSPS) is 13.3. The van der Waals surface area contributed by atoms with Gasteiger partial charge in [-0.1, -0.05) is 42.5 Å². The molecule has 29 heavy (non-hydrogen) atoms. The molecule has 0 saturated carbocycles. The van der Waals surface area contributed by atoms with E-state index in [1.54, 1.807) is 23.7 Å². The maximum absolute atomic E-state index is 12.8. The van der Waals surface area contributed by atoms with Gasteiger partial charge in [-0.2, -0.15) is 0 Å². The van der Waals surface area contributed by atoms with Crippen LogP contribution in [-0.4, -0.2) is 28.0 Å². The second-order valence-corrected chi connectivity index (χ2v) is 6.91. The fraction of sp³-hybridized carbons (Fsp3) is 0.0909. The summed E-state index contributed by atoms with van der Waals surface area (Å²) >= 11 is 0. The van der Waals surface area contributed by atoms with Gasteiger partial charge in [0.25, 0.3) is 11.8 Å². The van der Waals surface area contributed by atoms with Crippen LogP contribution in [0.4, 0.5) is 11.4 Å². The van der Waals surface area contributed by atoms with Gasteiger partial charge in [-0.25, -0.2) is 0 Å². The molecule has 0 aliphatic carbocycles. The van der Waals surface area contributed by atoms with Crippen molar-refractivity contribution in [2.24, 2.45) is 17.3 Å². The van der Waals surface area contributed by atoms with Crippen LogP contribution >= 0.6 is 0 Å². The van der Waals surface area contributed by atoms with E-state index in [2.05, 4.69) is 10.2 Å². The van der Waals surface area contributed by atoms with Crippen molar-refractivity contribution >= 4 is 44.9 Å². The Morgan fingerprint density at radius 3 is 2.62 bits per heavy atom. The zero-order valence-electron chi connectivity index (χ0n) is 15.5. The molecule has 0 fully saturated rings. The quantitative estimate of drug-likeness (QED) is 0.534. The number of azo groups is 1. The van der Waals surface area contributed by atoms with Crippen molar-refractivity contribution in [3.8, 4) is 5.88 Å². The fourth-order valence-electron chi connectivity index (χ4n) is 3.87. The smallest absolute Gasteiger partial charge is 0.284 e. The summed E-state index contributed by atoms with van der Waals surface area (Å²) in [4.78, 5) is 26.7. The maximum atomic E-state index is 12.8. The number of carbonyl (C=O) groups excluding carboxylic acids is 2.